The Hall–Kier alpha value is -2.82. The molecule has 1 unspecified atom stereocenters. The first-order valence-corrected chi connectivity index (χ1v) is 10.6. The topological polar surface area (TPSA) is 58.6 Å². The Morgan fingerprint density at radius 1 is 1.00 bits per heavy atom. The maximum Gasteiger partial charge on any atom is 0.242 e. The van der Waals surface area contributed by atoms with Gasteiger partial charge in [0.1, 0.15) is 11.8 Å². The van der Waals surface area contributed by atoms with E-state index in [1.54, 1.807) is 18.9 Å². The molecule has 2 aromatic rings. The average molecular weight is 411 g/mol. The summed E-state index contributed by atoms with van der Waals surface area (Å²) in [5, 5.41) is 2.92. The Morgan fingerprint density at radius 3 is 2.27 bits per heavy atom. The monoisotopic (exact) mass is 410 g/mol. The number of amides is 2. The van der Waals surface area contributed by atoms with E-state index < -0.39 is 6.04 Å². The van der Waals surface area contributed by atoms with Gasteiger partial charge in [-0.05, 0) is 62.4 Å². The van der Waals surface area contributed by atoms with Gasteiger partial charge in [0.05, 0.1) is 7.11 Å². The third-order valence-electron chi connectivity index (χ3n) is 5.14. The Kier molecular flexibility index (Phi) is 8.90. The molecule has 2 amide bonds. The fourth-order valence-corrected chi connectivity index (χ4v) is 3.29. The lowest BCUT2D eigenvalue weighted by Gasteiger charge is -2.29. The highest BCUT2D eigenvalue weighted by Gasteiger charge is 2.26. The van der Waals surface area contributed by atoms with Crippen molar-refractivity contribution in [3.05, 3.63) is 65.2 Å². The van der Waals surface area contributed by atoms with Gasteiger partial charge in [0.25, 0.3) is 0 Å². The molecule has 0 heterocycles. The van der Waals surface area contributed by atoms with E-state index in [0.29, 0.717) is 19.4 Å². The van der Waals surface area contributed by atoms with Crippen LogP contribution in [0.1, 0.15) is 50.8 Å². The summed E-state index contributed by atoms with van der Waals surface area (Å²) in [4.78, 5) is 27.4. The molecular formula is C25H34N2O3. The molecule has 0 saturated carbocycles. The smallest absolute Gasteiger partial charge is 0.242 e. The van der Waals surface area contributed by atoms with E-state index in [1.165, 1.54) is 5.56 Å². The van der Waals surface area contributed by atoms with E-state index >= 15 is 0 Å². The van der Waals surface area contributed by atoms with Crippen molar-refractivity contribution in [2.24, 2.45) is 0 Å². The highest BCUT2D eigenvalue weighted by molar-refractivity contribution is 5.87. The summed E-state index contributed by atoms with van der Waals surface area (Å²) < 4.78 is 5.30. The van der Waals surface area contributed by atoms with Crippen LogP contribution in [0.15, 0.2) is 48.5 Å². The molecule has 0 aliphatic rings. The van der Waals surface area contributed by atoms with Gasteiger partial charge in [-0.2, -0.15) is 0 Å². The molecule has 0 radical (unpaired) electrons. The molecule has 0 aliphatic heterocycles. The Bertz CT molecular complexity index is 831. The van der Waals surface area contributed by atoms with Crippen LogP contribution in [0.25, 0.3) is 0 Å². The minimum Gasteiger partial charge on any atom is -0.497 e. The predicted octanol–water partition coefficient (Wildman–Crippen LogP) is 4.13. The molecule has 0 spiro atoms. The highest BCUT2D eigenvalue weighted by Crippen LogP contribution is 2.17. The van der Waals surface area contributed by atoms with Crippen molar-refractivity contribution in [3.63, 3.8) is 0 Å². The van der Waals surface area contributed by atoms with Crippen LogP contribution >= 0.6 is 0 Å². The van der Waals surface area contributed by atoms with E-state index in [0.717, 1.165) is 23.3 Å². The standard InChI is InChI=1S/C25H34N2O3/c1-6-20-10-12-21(13-11-20)14-15-24(28)27(19(4)25(29)26-18(2)3)17-22-8-7-9-23(16-22)30-5/h7-13,16,18-19H,6,14-15,17H2,1-5H3,(H,26,29). The third-order valence-corrected chi connectivity index (χ3v) is 5.14. The van der Waals surface area contributed by atoms with E-state index in [-0.39, 0.29) is 17.9 Å². The second-order valence-corrected chi connectivity index (χ2v) is 7.88. The third kappa shape index (κ3) is 6.90. The molecule has 0 saturated heterocycles. The first-order valence-electron chi connectivity index (χ1n) is 10.6. The second-order valence-electron chi connectivity index (χ2n) is 7.88. The summed E-state index contributed by atoms with van der Waals surface area (Å²) in [6.07, 6.45) is 2.00. The number of aryl methyl sites for hydroxylation is 2. The number of nitrogens with zero attached hydrogens (tertiary/aromatic N) is 1. The quantitative estimate of drug-likeness (QED) is 0.641. The van der Waals surface area contributed by atoms with Crippen LogP contribution in [0.4, 0.5) is 0 Å². The van der Waals surface area contributed by atoms with E-state index in [9.17, 15) is 9.59 Å². The van der Waals surface area contributed by atoms with Crippen molar-refractivity contribution in [2.75, 3.05) is 7.11 Å². The Morgan fingerprint density at radius 2 is 1.67 bits per heavy atom. The fourth-order valence-electron chi connectivity index (χ4n) is 3.29. The molecule has 1 N–H and O–H groups in total. The maximum absolute atomic E-state index is 13.1. The minimum absolute atomic E-state index is 0.0193. The summed E-state index contributed by atoms with van der Waals surface area (Å²) in [5.41, 5.74) is 3.34. The molecule has 0 aliphatic carbocycles. The first-order chi connectivity index (χ1) is 14.3. The van der Waals surface area contributed by atoms with Gasteiger partial charge in [0, 0.05) is 19.0 Å². The van der Waals surface area contributed by atoms with Crippen LogP contribution in [0.5, 0.6) is 5.75 Å². The molecule has 2 rings (SSSR count). The molecule has 0 bridgehead atoms. The zero-order valence-corrected chi connectivity index (χ0v) is 18.8. The molecule has 30 heavy (non-hydrogen) atoms. The zero-order chi connectivity index (χ0) is 22.1. The predicted molar refractivity (Wildman–Crippen MR) is 120 cm³/mol. The maximum atomic E-state index is 13.1. The average Bonchev–Trinajstić information content (AvgIpc) is 2.75. The van der Waals surface area contributed by atoms with Crippen LogP contribution in [0, 0.1) is 0 Å². The Balaban J connectivity index is 2.15. The second kappa shape index (κ2) is 11.4. The normalized spacial score (nSPS) is 11.8. The van der Waals surface area contributed by atoms with E-state index in [2.05, 4.69) is 36.5 Å². The first kappa shape index (κ1) is 23.5. The van der Waals surface area contributed by atoms with Crippen molar-refractivity contribution < 1.29 is 14.3 Å². The highest BCUT2D eigenvalue weighted by atomic mass is 16.5. The summed E-state index contributed by atoms with van der Waals surface area (Å²) in [6, 6.07) is 15.4. The van der Waals surface area contributed by atoms with Gasteiger partial charge in [-0.15, -0.1) is 0 Å². The lowest BCUT2D eigenvalue weighted by Crippen LogP contribution is -2.49. The van der Waals surface area contributed by atoms with Crippen LogP contribution in [0.2, 0.25) is 0 Å². The number of rotatable bonds is 10. The molecule has 0 fully saturated rings. The number of carbonyl (C=O) groups is 2. The van der Waals surface area contributed by atoms with Gasteiger partial charge < -0.3 is 15.0 Å². The van der Waals surface area contributed by atoms with Gasteiger partial charge >= 0.3 is 0 Å². The number of carbonyl (C=O) groups excluding carboxylic acids is 2. The van der Waals surface area contributed by atoms with E-state index in [4.69, 9.17) is 4.74 Å². The SMILES string of the molecule is CCc1ccc(CCC(=O)N(Cc2cccc(OC)c2)C(C)C(=O)NC(C)C)cc1. The molecule has 5 heteroatoms. The molecule has 5 nitrogen and oxygen atoms in total. The number of nitrogens with one attached hydrogen (secondary N) is 1. The van der Waals surface area contributed by atoms with E-state index in [1.807, 2.05) is 38.1 Å². The fraction of sp³-hybridized carbons (Fsp3) is 0.440. The summed E-state index contributed by atoms with van der Waals surface area (Å²) in [7, 11) is 1.62. The number of hydrogen-bond acceptors (Lipinski definition) is 3. The molecular weight excluding hydrogens is 376 g/mol. The number of hydrogen-bond donors (Lipinski definition) is 1. The van der Waals surface area contributed by atoms with Crippen molar-refractivity contribution in [1.82, 2.24) is 10.2 Å². The summed E-state index contributed by atoms with van der Waals surface area (Å²) in [6.45, 7) is 8.10. The zero-order valence-electron chi connectivity index (χ0n) is 18.8. The summed E-state index contributed by atoms with van der Waals surface area (Å²) in [5.74, 6) is 0.549. The number of methoxy groups -OCH3 is 1. The van der Waals surface area contributed by atoms with Gasteiger partial charge in [-0.25, -0.2) is 0 Å². The molecule has 0 aromatic heterocycles. The molecule has 162 valence electrons. The van der Waals surface area contributed by atoms with Crippen molar-refractivity contribution in [2.45, 2.75) is 65.6 Å². The van der Waals surface area contributed by atoms with Gasteiger partial charge in [-0.1, -0.05) is 43.3 Å². The van der Waals surface area contributed by atoms with Crippen LogP contribution in [-0.4, -0.2) is 35.9 Å². The van der Waals surface area contributed by atoms with Gasteiger partial charge in [0.15, 0.2) is 0 Å². The van der Waals surface area contributed by atoms with Crippen molar-refractivity contribution in [1.29, 1.82) is 0 Å². The van der Waals surface area contributed by atoms with Gasteiger partial charge in [-0.3, -0.25) is 9.59 Å². The van der Waals surface area contributed by atoms with Crippen LogP contribution in [0.3, 0.4) is 0 Å². The van der Waals surface area contributed by atoms with Gasteiger partial charge in [0.2, 0.25) is 11.8 Å². The Labute approximate surface area is 180 Å². The summed E-state index contributed by atoms with van der Waals surface area (Å²) >= 11 is 0. The van der Waals surface area contributed by atoms with Crippen LogP contribution < -0.4 is 10.1 Å². The van der Waals surface area contributed by atoms with Crippen molar-refractivity contribution >= 4 is 11.8 Å². The lowest BCUT2D eigenvalue weighted by molar-refractivity contribution is -0.140. The molecule has 1 atom stereocenters. The minimum atomic E-state index is -0.562. The van der Waals surface area contributed by atoms with Crippen molar-refractivity contribution in [3.8, 4) is 5.75 Å². The number of benzene rings is 2. The molecule has 2 aromatic carbocycles. The number of ether oxygens (including phenoxy) is 1. The van der Waals surface area contributed by atoms with Crippen LogP contribution in [-0.2, 0) is 29.0 Å². The lowest BCUT2D eigenvalue weighted by atomic mass is 10.0. The largest absolute Gasteiger partial charge is 0.497 e.